The largest absolute Gasteiger partial charge is 0.466 e. The number of hydrogen-bond donors (Lipinski definition) is 0. The molecule has 0 aromatic heterocycles. The summed E-state index contributed by atoms with van der Waals surface area (Å²) in [6, 6.07) is 6.93. The van der Waals surface area contributed by atoms with Gasteiger partial charge in [-0.3, -0.25) is 9.59 Å². The fraction of sp³-hybridized carbons (Fsp3) is 0.500. The van der Waals surface area contributed by atoms with Gasteiger partial charge in [-0.05, 0) is 33.2 Å². The number of carbonyl (C=O) groups is 2. The van der Waals surface area contributed by atoms with Crippen molar-refractivity contribution >= 4 is 23.5 Å². The summed E-state index contributed by atoms with van der Waals surface area (Å²) in [5.41, 5.74) is 0.451. The maximum atomic E-state index is 12.6. The number of hydrogen-bond acceptors (Lipinski definition) is 4. The molecule has 0 aliphatic rings. The highest BCUT2D eigenvalue weighted by molar-refractivity contribution is 6.33. The molecule has 0 saturated heterocycles. The van der Waals surface area contributed by atoms with E-state index in [4.69, 9.17) is 16.3 Å². The second-order valence-electron chi connectivity index (χ2n) is 5.13. The maximum absolute atomic E-state index is 12.6. The standard InChI is InChI=1S/C16H23ClN2O3/c1-4-22-15(20)9-10-19(12-11-18(2)3)16(21)13-7-5-6-8-14(13)17/h5-8H,4,9-12H2,1-3H3. The Morgan fingerprint density at radius 2 is 1.82 bits per heavy atom. The molecule has 6 heteroatoms. The zero-order valence-electron chi connectivity index (χ0n) is 13.3. The monoisotopic (exact) mass is 326 g/mol. The lowest BCUT2D eigenvalue weighted by Gasteiger charge is -2.24. The number of benzene rings is 1. The van der Waals surface area contributed by atoms with Crippen LogP contribution >= 0.6 is 11.6 Å². The lowest BCUT2D eigenvalue weighted by Crippen LogP contribution is -2.38. The van der Waals surface area contributed by atoms with Crippen molar-refractivity contribution in [1.29, 1.82) is 0 Å². The number of halogens is 1. The first-order valence-electron chi connectivity index (χ1n) is 7.29. The zero-order chi connectivity index (χ0) is 16.5. The first kappa shape index (κ1) is 18.5. The molecule has 0 unspecified atom stereocenters. The van der Waals surface area contributed by atoms with Gasteiger partial charge in [0.1, 0.15) is 0 Å². The van der Waals surface area contributed by atoms with Crippen LogP contribution in [0.1, 0.15) is 23.7 Å². The molecule has 122 valence electrons. The van der Waals surface area contributed by atoms with Crippen LogP contribution in [0.4, 0.5) is 0 Å². The number of nitrogens with zero attached hydrogens (tertiary/aromatic N) is 2. The second kappa shape index (κ2) is 9.43. The predicted molar refractivity (Wildman–Crippen MR) is 87.2 cm³/mol. The second-order valence-corrected chi connectivity index (χ2v) is 5.54. The van der Waals surface area contributed by atoms with Gasteiger partial charge in [0.25, 0.3) is 5.91 Å². The topological polar surface area (TPSA) is 49.9 Å². The van der Waals surface area contributed by atoms with Crippen molar-refractivity contribution in [3.8, 4) is 0 Å². The van der Waals surface area contributed by atoms with Crippen LogP contribution in [0.5, 0.6) is 0 Å². The summed E-state index contributed by atoms with van der Waals surface area (Å²) in [6.45, 7) is 3.65. The van der Waals surface area contributed by atoms with Crippen LogP contribution in [0, 0.1) is 0 Å². The molecule has 0 atom stereocenters. The van der Waals surface area contributed by atoms with Crippen molar-refractivity contribution in [1.82, 2.24) is 9.80 Å². The Labute approximate surface area is 136 Å². The van der Waals surface area contributed by atoms with Gasteiger partial charge in [0.15, 0.2) is 0 Å². The van der Waals surface area contributed by atoms with Crippen molar-refractivity contribution in [2.45, 2.75) is 13.3 Å². The van der Waals surface area contributed by atoms with Crippen LogP contribution in [0.25, 0.3) is 0 Å². The van der Waals surface area contributed by atoms with E-state index in [-0.39, 0.29) is 18.3 Å². The molecule has 0 heterocycles. The molecule has 0 saturated carbocycles. The fourth-order valence-corrected chi connectivity index (χ4v) is 2.12. The first-order valence-corrected chi connectivity index (χ1v) is 7.67. The van der Waals surface area contributed by atoms with Gasteiger partial charge in [0, 0.05) is 19.6 Å². The Bertz CT molecular complexity index is 506. The number of esters is 1. The molecule has 0 radical (unpaired) electrons. The average Bonchev–Trinajstić information content (AvgIpc) is 2.47. The van der Waals surface area contributed by atoms with Crippen LogP contribution < -0.4 is 0 Å². The van der Waals surface area contributed by atoms with E-state index >= 15 is 0 Å². The normalized spacial score (nSPS) is 10.6. The number of carbonyl (C=O) groups excluding carboxylic acids is 2. The summed E-state index contributed by atoms with van der Waals surface area (Å²) in [6.07, 6.45) is 0.178. The van der Waals surface area contributed by atoms with Gasteiger partial charge in [-0.25, -0.2) is 0 Å². The molecule has 1 aromatic rings. The maximum Gasteiger partial charge on any atom is 0.307 e. The fourth-order valence-electron chi connectivity index (χ4n) is 1.90. The van der Waals surface area contributed by atoms with Crippen molar-refractivity contribution in [3.63, 3.8) is 0 Å². The number of ether oxygens (including phenoxy) is 1. The molecule has 0 aliphatic carbocycles. The minimum Gasteiger partial charge on any atom is -0.466 e. The molecular weight excluding hydrogens is 304 g/mol. The molecule has 0 spiro atoms. The molecule has 1 amide bonds. The van der Waals surface area contributed by atoms with E-state index < -0.39 is 0 Å². The van der Waals surface area contributed by atoms with Crippen LogP contribution in [0.15, 0.2) is 24.3 Å². The number of rotatable bonds is 8. The molecule has 22 heavy (non-hydrogen) atoms. The summed E-state index contributed by atoms with van der Waals surface area (Å²) in [5, 5.41) is 0.415. The zero-order valence-corrected chi connectivity index (χ0v) is 14.1. The van der Waals surface area contributed by atoms with Crippen LogP contribution in [0.3, 0.4) is 0 Å². The molecule has 0 aliphatic heterocycles. The Kier molecular flexibility index (Phi) is 7.91. The highest BCUT2D eigenvalue weighted by Crippen LogP contribution is 2.17. The Balaban J connectivity index is 2.78. The van der Waals surface area contributed by atoms with Crippen LogP contribution in [-0.4, -0.2) is 62.0 Å². The molecule has 0 bridgehead atoms. The number of likely N-dealkylation sites (N-methyl/N-ethyl adjacent to an activating group) is 1. The van der Waals surface area contributed by atoms with Gasteiger partial charge in [-0.2, -0.15) is 0 Å². The summed E-state index contributed by atoms with van der Waals surface area (Å²) in [7, 11) is 3.87. The van der Waals surface area contributed by atoms with Crippen molar-refractivity contribution in [2.24, 2.45) is 0 Å². The van der Waals surface area contributed by atoms with E-state index in [2.05, 4.69) is 0 Å². The third kappa shape index (κ3) is 6.03. The van der Waals surface area contributed by atoms with Gasteiger partial charge in [-0.1, -0.05) is 23.7 Å². The van der Waals surface area contributed by atoms with Crippen molar-refractivity contribution in [2.75, 3.05) is 40.3 Å². The van der Waals surface area contributed by atoms with E-state index in [9.17, 15) is 9.59 Å². The molecule has 5 nitrogen and oxygen atoms in total. The predicted octanol–water partition coefficient (Wildman–Crippen LogP) is 2.30. The number of amides is 1. The Hall–Kier alpha value is -1.59. The highest BCUT2D eigenvalue weighted by atomic mass is 35.5. The lowest BCUT2D eigenvalue weighted by atomic mass is 10.2. The van der Waals surface area contributed by atoms with E-state index in [0.717, 1.165) is 0 Å². The summed E-state index contributed by atoms with van der Waals surface area (Å²) in [5.74, 6) is -0.471. The van der Waals surface area contributed by atoms with Crippen LogP contribution in [-0.2, 0) is 9.53 Å². The van der Waals surface area contributed by atoms with Gasteiger partial charge in [-0.15, -0.1) is 0 Å². The summed E-state index contributed by atoms with van der Waals surface area (Å²) < 4.78 is 4.91. The average molecular weight is 327 g/mol. The third-order valence-corrected chi connectivity index (χ3v) is 3.43. The van der Waals surface area contributed by atoms with Crippen molar-refractivity contribution < 1.29 is 14.3 Å². The van der Waals surface area contributed by atoms with E-state index in [1.807, 2.05) is 19.0 Å². The van der Waals surface area contributed by atoms with Gasteiger partial charge >= 0.3 is 5.97 Å². The minimum absolute atomic E-state index is 0.170. The quantitative estimate of drug-likeness (QED) is 0.688. The first-order chi connectivity index (χ1) is 10.5. The molecule has 0 N–H and O–H groups in total. The smallest absolute Gasteiger partial charge is 0.307 e. The Morgan fingerprint density at radius 1 is 1.14 bits per heavy atom. The summed E-state index contributed by atoms with van der Waals surface area (Å²) >= 11 is 6.09. The SMILES string of the molecule is CCOC(=O)CCN(CCN(C)C)C(=O)c1ccccc1Cl. The minimum atomic E-state index is -0.302. The van der Waals surface area contributed by atoms with E-state index in [1.165, 1.54) is 0 Å². The molecular formula is C16H23ClN2O3. The van der Waals surface area contributed by atoms with Crippen molar-refractivity contribution in [3.05, 3.63) is 34.9 Å². The van der Waals surface area contributed by atoms with Gasteiger partial charge in [0.2, 0.25) is 0 Å². The summed E-state index contributed by atoms with van der Waals surface area (Å²) in [4.78, 5) is 27.8. The van der Waals surface area contributed by atoms with E-state index in [1.54, 1.807) is 36.1 Å². The highest BCUT2D eigenvalue weighted by Gasteiger charge is 2.19. The van der Waals surface area contributed by atoms with Gasteiger partial charge < -0.3 is 14.5 Å². The van der Waals surface area contributed by atoms with Crippen LogP contribution in [0.2, 0.25) is 5.02 Å². The van der Waals surface area contributed by atoms with Gasteiger partial charge in [0.05, 0.1) is 23.6 Å². The third-order valence-electron chi connectivity index (χ3n) is 3.10. The van der Waals surface area contributed by atoms with E-state index in [0.29, 0.717) is 36.8 Å². The molecule has 0 fully saturated rings. The molecule has 1 aromatic carbocycles. The molecule has 1 rings (SSSR count). The Morgan fingerprint density at radius 3 is 2.41 bits per heavy atom. The lowest BCUT2D eigenvalue weighted by molar-refractivity contribution is -0.143.